The summed E-state index contributed by atoms with van der Waals surface area (Å²) in [4.78, 5) is 8.16. The monoisotopic (exact) mass is 982 g/mol. The molecule has 3 heterocycles. The van der Waals surface area contributed by atoms with Gasteiger partial charge in [0.15, 0.2) is 0 Å². The third kappa shape index (κ3) is 7.66. The predicted octanol–water partition coefficient (Wildman–Crippen LogP) is 17.6. The Morgan fingerprint density at radius 3 is 1.23 bits per heavy atom. The molecule has 1 saturated carbocycles. The van der Waals surface area contributed by atoms with Crippen LogP contribution in [0.1, 0.15) is 144 Å². The molecule has 2 unspecified atom stereocenters. The summed E-state index contributed by atoms with van der Waals surface area (Å²) in [6, 6.07) is 66.4. The Bertz CT molecular complexity index is 3370. The van der Waals surface area contributed by atoms with Crippen LogP contribution >= 0.6 is 0 Å². The third-order valence-corrected chi connectivity index (χ3v) is 18.2. The van der Waals surface area contributed by atoms with Gasteiger partial charge in [-0.3, -0.25) is 0 Å². The minimum atomic E-state index is -0.137. The van der Waals surface area contributed by atoms with E-state index in [9.17, 15) is 0 Å². The number of hydrogen-bond acceptors (Lipinski definition) is 3. The summed E-state index contributed by atoms with van der Waals surface area (Å²) in [5, 5.41) is 0. The van der Waals surface area contributed by atoms with Gasteiger partial charge < -0.3 is 14.7 Å². The van der Waals surface area contributed by atoms with Gasteiger partial charge in [-0.05, 0) is 151 Å². The van der Waals surface area contributed by atoms with Gasteiger partial charge in [0.2, 0.25) is 0 Å². The molecule has 8 aromatic rings. The Morgan fingerprint density at radius 2 is 0.787 bits per heavy atom. The molecular weight excluding hydrogens is 906 g/mol. The fourth-order valence-electron chi connectivity index (χ4n) is 13.6. The van der Waals surface area contributed by atoms with E-state index in [2.05, 4.69) is 281 Å². The van der Waals surface area contributed by atoms with Crippen LogP contribution in [0.2, 0.25) is 0 Å². The highest BCUT2D eigenvalue weighted by Gasteiger charge is 2.60. The molecule has 0 N–H and O–H groups in total. The highest BCUT2D eigenvalue weighted by atomic mass is 15.3. The van der Waals surface area contributed by atoms with E-state index in [4.69, 9.17) is 0 Å². The SMILES string of the molecule is CC(C)(C)c1ccc2c(c1)B1c3cc(C(C)(C)C)ccc3N(c3ccc(C(C)(C)C)cc3-c3ccccc3)c3cc(N4c5ccccc5C5(C)CCCC45C)cc(c31)N2c1ccc(C(C)(C)C)cc1-c1ccccc1. The van der Waals surface area contributed by atoms with Crippen LogP contribution in [-0.4, -0.2) is 12.3 Å². The maximum atomic E-state index is 2.79. The average molecular weight is 982 g/mol. The molecule has 4 heteroatoms. The number of anilines is 8. The van der Waals surface area contributed by atoms with Gasteiger partial charge in [0.05, 0.1) is 16.9 Å². The zero-order valence-corrected chi connectivity index (χ0v) is 47.2. The van der Waals surface area contributed by atoms with Crippen LogP contribution in [0.5, 0.6) is 0 Å². The standard InChI is InChI=1S/C71H76BN3/c1-66(2,3)48-30-34-58(53(40-48)46-24-17-15-18-25-46)73-61-36-32-50(68(7,8)9)42-56(61)72-57-43-51(69(10,11)12)33-37-62(57)74(59-35-31-49(67(4,5)6)41-54(59)47-26-19-16-20-27-47)64-45-52(44-63(73)65(64)72)75-60-29-22-21-28-55(60)70(13)38-23-39-71(70,75)14/h15-22,24-37,40-45H,23,38-39H2,1-14H3. The second-order valence-electron chi connectivity index (χ2n) is 27.1. The minimum Gasteiger partial charge on any atom is -0.334 e. The van der Waals surface area contributed by atoms with Crippen molar-refractivity contribution in [2.24, 2.45) is 0 Å². The van der Waals surface area contributed by atoms with E-state index < -0.39 is 0 Å². The Morgan fingerprint density at radius 1 is 0.387 bits per heavy atom. The molecule has 0 bridgehead atoms. The van der Waals surface area contributed by atoms with Crippen molar-refractivity contribution in [3.05, 3.63) is 198 Å². The zero-order chi connectivity index (χ0) is 52.8. The Labute approximate surface area is 449 Å². The molecule has 0 spiro atoms. The summed E-state index contributed by atoms with van der Waals surface area (Å²) in [7, 11) is 0. The lowest BCUT2D eigenvalue weighted by Crippen LogP contribution is -2.62. The van der Waals surface area contributed by atoms with E-state index in [-0.39, 0.29) is 39.3 Å². The number of fused-ring (bicyclic) bond motifs is 7. The lowest BCUT2D eigenvalue weighted by atomic mass is 9.33. The Balaban J connectivity index is 1.26. The first kappa shape index (κ1) is 49.1. The van der Waals surface area contributed by atoms with Gasteiger partial charge in [-0.25, -0.2) is 0 Å². The number of para-hydroxylation sites is 1. The van der Waals surface area contributed by atoms with E-state index in [1.807, 2.05) is 0 Å². The molecule has 1 fully saturated rings. The summed E-state index contributed by atoms with van der Waals surface area (Å²) in [6.45, 7) is 33.3. The molecule has 0 radical (unpaired) electrons. The fourth-order valence-corrected chi connectivity index (χ4v) is 13.6. The van der Waals surface area contributed by atoms with Gasteiger partial charge in [0.25, 0.3) is 6.71 Å². The highest BCUT2D eigenvalue weighted by Crippen LogP contribution is 2.63. The summed E-state index contributed by atoms with van der Waals surface area (Å²) in [5.41, 5.74) is 25.3. The van der Waals surface area contributed by atoms with Gasteiger partial charge in [0, 0.05) is 50.7 Å². The first-order valence-electron chi connectivity index (χ1n) is 27.8. The van der Waals surface area contributed by atoms with Crippen molar-refractivity contribution in [3.8, 4) is 22.3 Å². The Hall–Kier alpha value is -6.78. The van der Waals surface area contributed by atoms with Crippen LogP contribution in [0.4, 0.5) is 45.5 Å². The smallest absolute Gasteiger partial charge is 0.252 e. The molecule has 8 aromatic carbocycles. The minimum absolute atomic E-state index is 0.00290. The largest absolute Gasteiger partial charge is 0.334 e. The average Bonchev–Trinajstić information content (AvgIpc) is 3.85. The molecule has 3 nitrogen and oxygen atoms in total. The van der Waals surface area contributed by atoms with Crippen LogP contribution in [0.15, 0.2) is 170 Å². The van der Waals surface area contributed by atoms with Crippen LogP contribution in [0.25, 0.3) is 22.3 Å². The lowest BCUT2D eigenvalue weighted by molar-refractivity contribution is 0.330. The number of rotatable bonds is 5. The fraction of sp³-hybridized carbons (Fsp3) is 0.324. The molecule has 378 valence electrons. The van der Waals surface area contributed by atoms with E-state index in [0.29, 0.717) is 0 Å². The second-order valence-corrected chi connectivity index (χ2v) is 27.1. The molecule has 0 amide bonds. The normalized spacial score (nSPS) is 18.9. The van der Waals surface area contributed by atoms with Crippen LogP contribution in [0, 0.1) is 0 Å². The van der Waals surface area contributed by atoms with Crippen molar-refractivity contribution in [1.82, 2.24) is 0 Å². The van der Waals surface area contributed by atoms with E-state index in [1.54, 1.807) is 0 Å². The number of hydrogen-bond donors (Lipinski definition) is 0. The topological polar surface area (TPSA) is 9.72 Å². The second kappa shape index (κ2) is 16.9. The predicted molar refractivity (Wildman–Crippen MR) is 324 cm³/mol. The maximum absolute atomic E-state index is 2.79. The van der Waals surface area contributed by atoms with Gasteiger partial charge >= 0.3 is 0 Å². The van der Waals surface area contributed by atoms with Crippen LogP contribution in [0.3, 0.4) is 0 Å². The number of nitrogens with zero attached hydrogens (tertiary/aromatic N) is 3. The molecule has 4 aliphatic rings. The molecule has 0 aromatic heterocycles. The van der Waals surface area contributed by atoms with Crippen LogP contribution < -0.4 is 31.1 Å². The van der Waals surface area contributed by atoms with E-state index in [0.717, 1.165) is 6.42 Å². The van der Waals surface area contributed by atoms with Crippen molar-refractivity contribution in [2.75, 3.05) is 14.7 Å². The first-order chi connectivity index (χ1) is 35.5. The summed E-state index contributed by atoms with van der Waals surface area (Å²) in [5.74, 6) is 0. The van der Waals surface area contributed by atoms with Crippen molar-refractivity contribution in [1.29, 1.82) is 0 Å². The third-order valence-electron chi connectivity index (χ3n) is 18.2. The van der Waals surface area contributed by atoms with Crippen molar-refractivity contribution in [2.45, 2.75) is 149 Å². The van der Waals surface area contributed by atoms with Gasteiger partial charge in [-0.1, -0.05) is 212 Å². The van der Waals surface area contributed by atoms with Crippen LogP contribution in [-0.2, 0) is 27.1 Å². The molecule has 0 saturated heterocycles. The number of benzene rings is 8. The zero-order valence-electron chi connectivity index (χ0n) is 47.2. The summed E-state index contributed by atoms with van der Waals surface area (Å²) >= 11 is 0. The first-order valence-corrected chi connectivity index (χ1v) is 27.8. The van der Waals surface area contributed by atoms with E-state index in [1.165, 1.54) is 125 Å². The maximum Gasteiger partial charge on any atom is 0.252 e. The van der Waals surface area contributed by atoms with Crippen molar-refractivity contribution in [3.63, 3.8) is 0 Å². The van der Waals surface area contributed by atoms with Crippen molar-refractivity contribution < 1.29 is 0 Å². The Kier molecular flexibility index (Phi) is 11.0. The highest BCUT2D eigenvalue weighted by molar-refractivity contribution is 7.00. The molecule has 12 rings (SSSR count). The summed E-state index contributed by atoms with van der Waals surface area (Å²) < 4.78 is 0. The molecule has 75 heavy (non-hydrogen) atoms. The van der Waals surface area contributed by atoms with Gasteiger partial charge in [0.1, 0.15) is 0 Å². The van der Waals surface area contributed by atoms with Crippen molar-refractivity contribution >= 4 is 68.6 Å². The summed E-state index contributed by atoms with van der Waals surface area (Å²) in [6.07, 6.45) is 3.49. The lowest BCUT2D eigenvalue weighted by Gasteiger charge is -2.47. The molecular formula is C71H76BN3. The van der Waals surface area contributed by atoms with Gasteiger partial charge in [-0.15, -0.1) is 0 Å². The molecule has 3 aliphatic heterocycles. The quantitative estimate of drug-likeness (QED) is 0.159. The van der Waals surface area contributed by atoms with E-state index >= 15 is 0 Å². The van der Waals surface area contributed by atoms with Gasteiger partial charge in [-0.2, -0.15) is 0 Å². The molecule has 2 atom stereocenters. The molecule has 1 aliphatic carbocycles.